The minimum Gasteiger partial charge on any atom is -0.480 e. The highest BCUT2D eigenvalue weighted by molar-refractivity contribution is 7.85. The van der Waals surface area contributed by atoms with Gasteiger partial charge in [-0.3, -0.25) is 14.7 Å². The van der Waals surface area contributed by atoms with Crippen molar-refractivity contribution in [2.45, 2.75) is 6.04 Å². The van der Waals surface area contributed by atoms with Crippen molar-refractivity contribution < 1.29 is 22.9 Å². The molecule has 0 saturated heterocycles. The molecule has 76 valence electrons. The van der Waals surface area contributed by atoms with Crippen LogP contribution in [0, 0.1) is 0 Å². The fraction of sp³-hybridized carbons (Fsp3) is 0.500. The fourth-order valence-electron chi connectivity index (χ4n) is 0.654. The van der Waals surface area contributed by atoms with Crippen molar-refractivity contribution in [3.63, 3.8) is 0 Å². The molecule has 0 saturated carbocycles. The van der Waals surface area contributed by atoms with Gasteiger partial charge in [0.25, 0.3) is 10.1 Å². The molecule has 0 aliphatic heterocycles. The zero-order valence-corrected chi connectivity index (χ0v) is 7.62. The second-order valence-electron chi connectivity index (χ2n) is 2.34. The van der Waals surface area contributed by atoms with Crippen molar-refractivity contribution in [2.24, 2.45) is 0 Å². The summed E-state index contributed by atoms with van der Waals surface area (Å²) in [5.74, 6) is -2.18. The molecule has 6 nitrogen and oxygen atoms in total. The maximum atomic E-state index is 10.4. The smallest absolute Gasteiger partial charge is 0.321 e. The van der Waals surface area contributed by atoms with Gasteiger partial charge in [0.1, 0.15) is 11.8 Å². The van der Waals surface area contributed by atoms with E-state index in [1.807, 2.05) is 0 Å². The van der Waals surface area contributed by atoms with Crippen LogP contribution in [0.2, 0.25) is 0 Å². The summed E-state index contributed by atoms with van der Waals surface area (Å²) in [5.41, 5.74) is 0. The van der Waals surface area contributed by atoms with E-state index in [4.69, 9.17) is 9.66 Å². The van der Waals surface area contributed by atoms with Gasteiger partial charge in [-0.15, -0.1) is 6.58 Å². The van der Waals surface area contributed by atoms with E-state index in [2.05, 4.69) is 11.9 Å². The van der Waals surface area contributed by atoms with Gasteiger partial charge < -0.3 is 5.11 Å². The largest absolute Gasteiger partial charge is 0.480 e. The third-order valence-electron chi connectivity index (χ3n) is 1.18. The maximum Gasteiger partial charge on any atom is 0.321 e. The lowest BCUT2D eigenvalue weighted by Gasteiger charge is -2.10. The minimum absolute atomic E-state index is 0.159. The normalized spacial score (nSPS) is 13.6. The highest BCUT2D eigenvalue weighted by Gasteiger charge is 2.22. The molecule has 0 aliphatic rings. The van der Waals surface area contributed by atoms with Gasteiger partial charge in [0.15, 0.2) is 0 Å². The van der Waals surface area contributed by atoms with Crippen molar-refractivity contribution in [3.8, 4) is 0 Å². The van der Waals surface area contributed by atoms with E-state index in [0.29, 0.717) is 0 Å². The average molecular weight is 209 g/mol. The monoisotopic (exact) mass is 209 g/mol. The molecule has 1 unspecified atom stereocenters. The summed E-state index contributed by atoms with van der Waals surface area (Å²) in [6.07, 6.45) is 1.39. The summed E-state index contributed by atoms with van der Waals surface area (Å²) in [6, 6.07) is -1.31. The van der Waals surface area contributed by atoms with Crippen LogP contribution in [0.1, 0.15) is 0 Å². The zero-order valence-electron chi connectivity index (χ0n) is 6.80. The number of hydrogen-bond acceptors (Lipinski definition) is 4. The molecule has 0 aliphatic carbocycles. The molecule has 0 spiro atoms. The van der Waals surface area contributed by atoms with Gasteiger partial charge in [-0.05, 0) is 0 Å². The van der Waals surface area contributed by atoms with E-state index in [-0.39, 0.29) is 6.54 Å². The van der Waals surface area contributed by atoms with Crippen LogP contribution in [-0.2, 0) is 14.9 Å². The summed E-state index contributed by atoms with van der Waals surface area (Å²) in [5, 5.41) is 10.9. The number of carboxylic acids is 1. The molecule has 0 heterocycles. The van der Waals surface area contributed by atoms with Gasteiger partial charge >= 0.3 is 5.97 Å². The number of carbonyl (C=O) groups is 1. The Morgan fingerprint density at radius 3 is 2.46 bits per heavy atom. The Morgan fingerprint density at radius 1 is 1.62 bits per heavy atom. The number of nitrogens with one attached hydrogen (secondary N) is 1. The first-order valence-corrected chi connectivity index (χ1v) is 5.00. The maximum absolute atomic E-state index is 10.4. The number of carboxylic acid groups (broad SMARTS) is 1. The van der Waals surface area contributed by atoms with Crippen LogP contribution in [-0.4, -0.2) is 42.4 Å². The molecular formula is C6H11NO5S. The highest BCUT2D eigenvalue weighted by Crippen LogP contribution is 1.91. The lowest BCUT2D eigenvalue weighted by Crippen LogP contribution is -2.42. The summed E-state index contributed by atoms with van der Waals surface area (Å²) >= 11 is 0. The van der Waals surface area contributed by atoms with Crippen molar-refractivity contribution in [2.75, 3.05) is 12.3 Å². The van der Waals surface area contributed by atoms with Gasteiger partial charge in [-0.1, -0.05) is 6.08 Å². The first-order valence-electron chi connectivity index (χ1n) is 3.39. The number of aliphatic carboxylic acids is 1. The topological polar surface area (TPSA) is 104 Å². The second-order valence-corrected chi connectivity index (χ2v) is 3.83. The summed E-state index contributed by atoms with van der Waals surface area (Å²) < 4.78 is 29.1. The molecular weight excluding hydrogens is 198 g/mol. The van der Waals surface area contributed by atoms with Gasteiger partial charge in [0, 0.05) is 6.54 Å². The zero-order chi connectivity index (χ0) is 10.5. The second kappa shape index (κ2) is 4.95. The Labute approximate surface area is 76.0 Å². The fourth-order valence-corrected chi connectivity index (χ4v) is 1.34. The molecule has 3 N–H and O–H groups in total. The molecule has 0 aromatic carbocycles. The molecule has 0 amide bonds. The Balaban J connectivity index is 4.27. The van der Waals surface area contributed by atoms with Gasteiger partial charge in [0.05, 0.1) is 0 Å². The molecule has 0 radical (unpaired) electrons. The average Bonchev–Trinajstić information content (AvgIpc) is 1.95. The minimum atomic E-state index is -4.28. The predicted molar refractivity (Wildman–Crippen MR) is 46.0 cm³/mol. The lowest BCUT2D eigenvalue weighted by molar-refractivity contribution is -0.138. The number of hydrogen-bond donors (Lipinski definition) is 3. The lowest BCUT2D eigenvalue weighted by atomic mass is 10.3. The van der Waals surface area contributed by atoms with Gasteiger partial charge in [0.2, 0.25) is 0 Å². The quantitative estimate of drug-likeness (QED) is 0.387. The van der Waals surface area contributed by atoms with Gasteiger partial charge in [-0.2, -0.15) is 8.42 Å². The first-order chi connectivity index (χ1) is 5.87. The van der Waals surface area contributed by atoms with Crippen LogP contribution in [0.3, 0.4) is 0 Å². The third kappa shape index (κ3) is 6.26. The highest BCUT2D eigenvalue weighted by atomic mass is 32.2. The van der Waals surface area contributed by atoms with Crippen molar-refractivity contribution >= 4 is 16.1 Å². The molecule has 7 heteroatoms. The number of rotatable bonds is 6. The Bertz CT molecular complexity index is 283. The van der Waals surface area contributed by atoms with E-state index in [1.54, 1.807) is 0 Å². The van der Waals surface area contributed by atoms with Crippen molar-refractivity contribution in [3.05, 3.63) is 12.7 Å². The Kier molecular flexibility index (Phi) is 4.60. The van der Waals surface area contributed by atoms with Gasteiger partial charge in [-0.25, -0.2) is 0 Å². The SMILES string of the molecule is C=CCNC(CS(=O)(=O)O)C(=O)O. The van der Waals surface area contributed by atoms with Crippen LogP contribution < -0.4 is 5.32 Å². The summed E-state index contributed by atoms with van der Waals surface area (Å²) in [7, 11) is -4.28. The van der Waals surface area contributed by atoms with E-state index >= 15 is 0 Å². The van der Waals surface area contributed by atoms with E-state index in [1.165, 1.54) is 6.08 Å². The van der Waals surface area contributed by atoms with Crippen LogP contribution in [0.5, 0.6) is 0 Å². The standard InChI is InChI=1S/C6H11NO5S/c1-2-3-7-5(6(8)9)4-13(10,11)12/h2,5,7H,1,3-4H2,(H,8,9)(H,10,11,12). The summed E-state index contributed by atoms with van der Waals surface area (Å²) in [6.45, 7) is 3.48. The molecule has 0 fully saturated rings. The third-order valence-corrected chi connectivity index (χ3v) is 1.94. The van der Waals surface area contributed by atoms with E-state index in [0.717, 1.165) is 0 Å². The first kappa shape index (κ1) is 12.1. The molecule has 0 bridgehead atoms. The van der Waals surface area contributed by atoms with Crippen LogP contribution in [0.25, 0.3) is 0 Å². The molecule has 0 rings (SSSR count). The molecule has 0 aromatic rings. The van der Waals surface area contributed by atoms with Crippen LogP contribution in [0.15, 0.2) is 12.7 Å². The summed E-state index contributed by atoms with van der Waals surface area (Å²) in [4.78, 5) is 10.4. The predicted octanol–water partition coefficient (Wildman–Crippen LogP) is -0.897. The molecule has 0 aromatic heterocycles. The van der Waals surface area contributed by atoms with Crippen molar-refractivity contribution in [1.29, 1.82) is 0 Å². The van der Waals surface area contributed by atoms with Crippen LogP contribution in [0.4, 0.5) is 0 Å². The van der Waals surface area contributed by atoms with E-state index < -0.39 is 27.9 Å². The van der Waals surface area contributed by atoms with Crippen LogP contribution >= 0.6 is 0 Å². The Morgan fingerprint density at radius 2 is 2.15 bits per heavy atom. The Hall–Kier alpha value is -0.920. The van der Waals surface area contributed by atoms with Crippen molar-refractivity contribution in [1.82, 2.24) is 5.32 Å². The van der Waals surface area contributed by atoms with E-state index in [9.17, 15) is 13.2 Å². The molecule has 1 atom stereocenters. The molecule has 13 heavy (non-hydrogen) atoms.